The zero-order valence-corrected chi connectivity index (χ0v) is 19.2. The smallest absolute Gasteiger partial charge is 0.191 e. The number of nitrogens with zero attached hydrogens (tertiary/aromatic N) is 3. The molecule has 1 heterocycles. The lowest BCUT2D eigenvalue weighted by atomic mass is 10.1. The maximum absolute atomic E-state index is 6.13. The largest absolute Gasteiger partial charge is 0.457 e. The van der Waals surface area contributed by atoms with Gasteiger partial charge >= 0.3 is 0 Å². The zero-order chi connectivity index (χ0) is 21.9. The summed E-state index contributed by atoms with van der Waals surface area (Å²) >= 11 is 0. The molecular formula is C25H37N5O. The first-order chi connectivity index (χ1) is 15.1. The number of ether oxygens (including phenoxy) is 1. The molecule has 31 heavy (non-hydrogen) atoms. The summed E-state index contributed by atoms with van der Waals surface area (Å²) in [6, 6.07) is 16.2. The molecule has 6 heteroatoms. The molecule has 0 atom stereocenters. The molecule has 168 valence electrons. The van der Waals surface area contributed by atoms with Gasteiger partial charge in [0, 0.05) is 51.9 Å². The summed E-state index contributed by atoms with van der Waals surface area (Å²) in [5, 5.41) is 6.86. The molecule has 2 aromatic rings. The predicted molar refractivity (Wildman–Crippen MR) is 129 cm³/mol. The van der Waals surface area contributed by atoms with Crippen molar-refractivity contribution >= 4 is 5.96 Å². The van der Waals surface area contributed by atoms with Crippen LogP contribution in [0.1, 0.15) is 24.0 Å². The SMILES string of the molecule is CN=C(NCCCCN1CCN(C)CC1)NCc1ccc(C)cc1Oc1ccccc1. The summed E-state index contributed by atoms with van der Waals surface area (Å²) in [5.41, 5.74) is 2.28. The van der Waals surface area contributed by atoms with Crippen molar-refractivity contribution in [3.8, 4) is 11.5 Å². The molecule has 0 bridgehead atoms. The van der Waals surface area contributed by atoms with Crippen LogP contribution in [0.15, 0.2) is 53.5 Å². The monoisotopic (exact) mass is 423 g/mol. The van der Waals surface area contributed by atoms with Crippen LogP contribution in [0.5, 0.6) is 11.5 Å². The fourth-order valence-electron chi connectivity index (χ4n) is 3.66. The Morgan fingerprint density at radius 1 is 1.00 bits per heavy atom. The van der Waals surface area contributed by atoms with Crippen LogP contribution in [0.4, 0.5) is 0 Å². The van der Waals surface area contributed by atoms with E-state index in [0.717, 1.165) is 36.0 Å². The van der Waals surface area contributed by atoms with E-state index in [0.29, 0.717) is 6.54 Å². The van der Waals surface area contributed by atoms with E-state index in [4.69, 9.17) is 4.74 Å². The van der Waals surface area contributed by atoms with Crippen molar-refractivity contribution in [3.63, 3.8) is 0 Å². The molecule has 0 aliphatic carbocycles. The standard InChI is InChI=1S/C25H37N5O/c1-21-11-12-22(24(19-21)31-23-9-5-4-6-10-23)20-28-25(26-2)27-13-7-8-14-30-17-15-29(3)16-18-30/h4-6,9-12,19H,7-8,13-18,20H2,1-3H3,(H2,26,27,28). The second kappa shape index (κ2) is 12.3. The van der Waals surface area contributed by atoms with Crippen molar-refractivity contribution in [2.45, 2.75) is 26.3 Å². The number of guanidine groups is 1. The number of benzene rings is 2. The molecule has 0 aromatic heterocycles. The van der Waals surface area contributed by atoms with Gasteiger partial charge in [0.2, 0.25) is 0 Å². The number of aryl methyl sites for hydroxylation is 1. The van der Waals surface area contributed by atoms with E-state index >= 15 is 0 Å². The van der Waals surface area contributed by atoms with E-state index < -0.39 is 0 Å². The Kier molecular flexibility index (Phi) is 9.18. The van der Waals surface area contributed by atoms with Crippen molar-refractivity contribution in [1.29, 1.82) is 0 Å². The molecule has 1 fully saturated rings. The topological polar surface area (TPSA) is 52.1 Å². The molecule has 2 N–H and O–H groups in total. The second-order valence-electron chi connectivity index (χ2n) is 8.23. The van der Waals surface area contributed by atoms with E-state index in [1.807, 2.05) is 37.4 Å². The first kappa shape index (κ1) is 23.1. The maximum atomic E-state index is 6.13. The number of para-hydroxylation sites is 1. The number of nitrogens with one attached hydrogen (secondary N) is 2. The molecular weight excluding hydrogens is 386 g/mol. The van der Waals surface area contributed by atoms with Crippen LogP contribution in [-0.2, 0) is 6.54 Å². The summed E-state index contributed by atoms with van der Waals surface area (Å²) in [6.07, 6.45) is 2.35. The first-order valence-corrected chi connectivity index (χ1v) is 11.3. The van der Waals surface area contributed by atoms with Gasteiger partial charge in [-0.2, -0.15) is 0 Å². The van der Waals surface area contributed by atoms with Gasteiger partial charge in [-0.05, 0) is 57.1 Å². The van der Waals surface area contributed by atoms with Crippen molar-refractivity contribution < 1.29 is 4.74 Å². The minimum Gasteiger partial charge on any atom is -0.457 e. The van der Waals surface area contributed by atoms with Crippen LogP contribution >= 0.6 is 0 Å². The summed E-state index contributed by atoms with van der Waals surface area (Å²) < 4.78 is 6.13. The molecule has 0 radical (unpaired) electrons. The third kappa shape index (κ3) is 7.89. The lowest BCUT2D eigenvalue weighted by molar-refractivity contribution is 0.152. The van der Waals surface area contributed by atoms with Gasteiger partial charge in [-0.3, -0.25) is 4.99 Å². The Morgan fingerprint density at radius 3 is 2.52 bits per heavy atom. The lowest BCUT2D eigenvalue weighted by Crippen LogP contribution is -2.44. The van der Waals surface area contributed by atoms with Gasteiger partial charge in [-0.15, -0.1) is 0 Å². The molecule has 2 aromatic carbocycles. The highest BCUT2D eigenvalue weighted by atomic mass is 16.5. The molecule has 1 saturated heterocycles. The minimum atomic E-state index is 0.656. The predicted octanol–water partition coefficient (Wildman–Crippen LogP) is 3.48. The number of unbranched alkanes of at least 4 members (excludes halogenated alkanes) is 1. The third-order valence-corrected chi connectivity index (χ3v) is 5.65. The van der Waals surface area contributed by atoms with Gasteiger partial charge in [0.1, 0.15) is 11.5 Å². The van der Waals surface area contributed by atoms with Gasteiger partial charge in [0.25, 0.3) is 0 Å². The molecule has 0 unspecified atom stereocenters. The quantitative estimate of drug-likeness (QED) is 0.367. The van der Waals surface area contributed by atoms with Crippen LogP contribution in [0, 0.1) is 6.92 Å². The Hall–Kier alpha value is -2.57. The Morgan fingerprint density at radius 2 is 1.77 bits per heavy atom. The number of hydrogen-bond donors (Lipinski definition) is 2. The number of piperazine rings is 1. The average molecular weight is 424 g/mol. The summed E-state index contributed by atoms with van der Waals surface area (Å²) in [4.78, 5) is 9.34. The molecule has 0 saturated carbocycles. The van der Waals surface area contributed by atoms with Crippen molar-refractivity contribution in [2.75, 3.05) is 53.4 Å². The summed E-state index contributed by atoms with van der Waals surface area (Å²) in [5.74, 6) is 2.55. The highest BCUT2D eigenvalue weighted by molar-refractivity contribution is 5.79. The fourth-order valence-corrected chi connectivity index (χ4v) is 3.66. The van der Waals surface area contributed by atoms with Crippen molar-refractivity contribution in [3.05, 3.63) is 59.7 Å². The number of likely N-dealkylation sites (N-methyl/N-ethyl adjacent to an activating group) is 1. The van der Waals surface area contributed by atoms with Crippen LogP contribution < -0.4 is 15.4 Å². The molecule has 1 aliphatic rings. The van der Waals surface area contributed by atoms with Crippen LogP contribution in [0.3, 0.4) is 0 Å². The zero-order valence-electron chi connectivity index (χ0n) is 19.2. The number of aliphatic imine (C=N–C) groups is 1. The van der Waals surface area contributed by atoms with Gasteiger partial charge in [-0.1, -0.05) is 30.3 Å². The van der Waals surface area contributed by atoms with Gasteiger partial charge in [0.15, 0.2) is 5.96 Å². The summed E-state index contributed by atoms with van der Waals surface area (Å²) in [7, 11) is 4.02. The van der Waals surface area contributed by atoms with Crippen LogP contribution in [0.25, 0.3) is 0 Å². The van der Waals surface area contributed by atoms with E-state index in [9.17, 15) is 0 Å². The average Bonchev–Trinajstić information content (AvgIpc) is 2.78. The highest BCUT2D eigenvalue weighted by Crippen LogP contribution is 2.26. The van der Waals surface area contributed by atoms with Crippen molar-refractivity contribution in [2.24, 2.45) is 4.99 Å². The molecule has 0 spiro atoms. The second-order valence-corrected chi connectivity index (χ2v) is 8.23. The van der Waals surface area contributed by atoms with Gasteiger partial charge in [-0.25, -0.2) is 0 Å². The highest BCUT2D eigenvalue weighted by Gasteiger charge is 2.12. The third-order valence-electron chi connectivity index (χ3n) is 5.65. The van der Waals surface area contributed by atoms with E-state index in [-0.39, 0.29) is 0 Å². The van der Waals surface area contributed by atoms with Crippen LogP contribution in [-0.4, -0.2) is 69.1 Å². The van der Waals surface area contributed by atoms with Crippen LogP contribution in [0.2, 0.25) is 0 Å². The van der Waals surface area contributed by atoms with Crippen molar-refractivity contribution in [1.82, 2.24) is 20.4 Å². The number of rotatable bonds is 9. The van der Waals surface area contributed by atoms with Gasteiger partial charge in [0.05, 0.1) is 0 Å². The Balaban J connectivity index is 1.42. The Bertz CT molecular complexity index is 816. The van der Waals surface area contributed by atoms with E-state index in [1.165, 1.54) is 44.7 Å². The van der Waals surface area contributed by atoms with E-state index in [1.54, 1.807) is 0 Å². The molecule has 1 aliphatic heterocycles. The van der Waals surface area contributed by atoms with Gasteiger partial charge < -0.3 is 25.2 Å². The number of hydrogen-bond acceptors (Lipinski definition) is 4. The first-order valence-electron chi connectivity index (χ1n) is 11.3. The van der Waals surface area contributed by atoms with E-state index in [2.05, 4.69) is 57.6 Å². The summed E-state index contributed by atoms with van der Waals surface area (Å²) in [6.45, 7) is 9.60. The minimum absolute atomic E-state index is 0.656. The maximum Gasteiger partial charge on any atom is 0.191 e. The fraction of sp³-hybridized carbons (Fsp3) is 0.480. The lowest BCUT2D eigenvalue weighted by Gasteiger charge is -2.32. The molecule has 0 amide bonds. The normalized spacial score (nSPS) is 15.6. The molecule has 6 nitrogen and oxygen atoms in total. The Labute approximate surface area is 187 Å². The molecule has 3 rings (SSSR count).